The van der Waals surface area contributed by atoms with E-state index in [1.807, 2.05) is 34.3 Å². The number of carbonyl (C=O) groups excluding carboxylic acids is 3. The maximum Gasteiger partial charge on any atom is 0.280 e. The Bertz CT molecular complexity index is 4310. The summed E-state index contributed by atoms with van der Waals surface area (Å²) in [6.07, 6.45) is 11.0. The SMILES string of the molecule is C.C.C.CN1C(C(=O)Nc2ccc(F)c(Cl)c2)CC(c2cc(-c3cnn(CCO)c3)cs2)NS1(=O)=O.CN1[C@@H](C(=O)Nc2ccc(F)c(Cl)c2)C[C@@H](c2cc(-c3cnn(CCO)c3)cs2)NS1(=O)=O.CN1[C@H](C(=O)Nc2ccc(F)c(Cl)c2)C[C@H](c2cc(-c3cnn(CCO)c3)cs2)NS1(=O)=O. The number of likely N-dealkylation sites (N-methyl/N-ethyl adjacent to an activating group) is 3. The fraction of sp³-hybridized carbons (Fsp3) is 0.333. The molecule has 9 heterocycles. The molecule has 0 spiro atoms. The molecular weight excluding hydrogens is 1510 g/mol. The lowest BCUT2D eigenvalue weighted by atomic mass is 10.0. The molecule has 39 heteroatoms. The van der Waals surface area contributed by atoms with E-state index >= 15 is 0 Å². The Morgan fingerprint density at radius 1 is 0.461 bits per heavy atom. The summed E-state index contributed by atoms with van der Waals surface area (Å²) in [5.74, 6) is -3.49. The van der Waals surface area contributed by atoms with Crippen LogP contribution in [0.1, 0.15) is 74.3 Å². The fourth-order valence-corrected chi connectivity index (χ4v) is 18.1. The molecule has 102 heavy (non-hydrogen) atoms. The first-order valence-electron chi connectivity index (χ1n) is 29.7. The average molecular weight is 1590 g/mol. The Kier molecular flexibility index (Phi) is 28.3. The number of thiophene rings is 3. The molecule has 3 amide bonds. The van der Waals surface area contributed by atoms with Crippen LogP contribution in [0.25, 0.3) is 33.4 Å². The van der Waals surface area contributed by atoms with Gasteiger partial charge in [-0.15, -0.1) is 34.0 Å². The summed E-state index contributed by atoms with van der Waals surface area (Å²) < 4.78 is 132. The summed E-state index contributed by atoms with van der Waals surface area (Å²) in [6, 6.07) is 12.1. The third-order valence-electron chi connectivity index (χ3n) is 16.0. The van der Waals surface area contributed by atoms with Crippen molar-refractivity contribution >= 4 is 134 Å². The maximum atomic E-state index is 13.4. The minimum atomic E-state index is -3.92. The van der Waals surface area contributed by atoms with Crippen LogP contribution in [0.5, 0.6) is 0 Å². The minimum Gasteiger partial charge on any atom is -0.394 e. The first kappa shape index (κ1) is 82.2. The Morgan fingerprint density at radius 2 is 0.716 bits per heavy atom. The molecular formula is C63H75Cl3F3N15O12S6. The van der Waals surface area contributed by atoms with Crippen molar-refractivity contribution in [2.45, 2.75) is 97.4 Å². The molecule has 3 aromatic carbocycles. The molecule has 0 saturated carbocycles. The van der Waals surface area contributed by atoms with Gasteiger partial charge in [0.1, 0.15) is 35.6 Å². The van der Waals surface area contributed by atoms with Gasteiger partial charge in [0.25, 0.3) is 30.6 Å². The van der Waals surface area contributed by atoms with Crippen molar-refractivity contribution in [3.63, 3.8) is 0 Å². The Balaban J connectivity index is 0.000000211. The number of nitrogens with one attached hydrogen (secondary N) is 6. The fourth-order valence-electron chi connectivity index (χ4n) is 10.6. The Morgan fingerprint density at radius 3 is 0.951 bits per heavy atom. The predicted octanol–water partition coefficient (Wildman–Crippen LogP) is 9.75. The first-order chi connectivity index (χ1) is 47.0. The second kappa shape index (κ2) is 35.2. The van der Waals surface area contributed by atoms with Crippen molar-refractivity contribution < 1.29 is 68.1 Å². The molecule has 3 aliphatic heterocycles. The molecule has 12 rings (SSSR count). The number of nitrogens with zero attached hydrogens (tertiary/aromatic N) is 9. The summed E-state index contributed by atoms with van der Waals surface area (Å²) in [6.45, 7) is 1.05. The third kappa shape index (κ3) is 19.7. The average Bonchev–Trinajstić information content (AvgIpc) is 1.20. The predicted molar refractivity (Wildman–Crippen MR) is 391 cm³/mol. The number of hydrogen-bond donors (Lipinski definition) is 9. The number of aliphatic hydroxyl groups is 3. The van der Waals surface area contributed by atoms with Crippen LogP contribution in [0.2, 0.25) is 15.1 Å². The molecule has 0 aliphatic carbocycles. The summed E-state index contributed by atoms with van der Waals surface area (Å²) in [7, 11) is -7.77. The zero-order valence-electron chi connectivity index (χ0n) is 52.2. The number of rotatable bonds is 18. The van der Waals surface area contributed by atoms with Crippen molar-refractivity contribution in [1.82, 2.24) is 56.4 Å². The van der Waals surface area contributed by atoms with Crippen molar-refractivity contribution in [1.29, 1.82) is 0 Å². The lowest BCUT2D eigenvalue weighted by molar-refractivity contribution is -0.120. The van der Waals surface area contributed by atoms with Crippen molar-refractivity contribution in [2.75, 3.05) is 56.9 Å². The van der Waals surface area contributed by atoms with E-state index in [-0.39, 0.29) is 93.5 Å². The second-order valence-corrected chi connectivity index (χ2v) is 31.9. The molecule has 6 aromatic heterocycles. The van der Waals surface area contributed by atoms with Crippen LogP contribution in [-0.4, -0.2) is 160 Å². The Labute approximate surface area is 615 Å². The number of halogens is 6. The van der Waals surface area contributed by atoms with Gasteiger partial charge in [-0.05, 0) is 125 Å². The van der Waals surface area contributed by atoms with E-state index < -0.39 is 102 Å². The lowest BCUT2D eigenvalue weighted by Crippen LogP contribution is -2.55. The minimum absolute atomic E-state index is 0. The van der Waals surface area contributed by atoms with Gasteiger partial charge >= 0.3 is 0 Å². The molecule has 3 aliphatic rings. The van der Waals surface area contributed by atoms with Gasteiger partial charge in [0.2, 0.25) is 17.7 Å². The second-order valence-electron chi connectivity index (χ2n) is 22.5. The van der Waals surface area contributed by atoms with E-state index in [2.05, 4.69) is 45.4 Å². The first-order valence-corrected chi connectivity index (χ1v) is 37.8. The molecule has 3 fully saturated rings. The van der Waals surface area contributed by atoms with Gasteiger partial charge in [0, 0.05) is 88.1 Å². The topological polar surface area (TPSA) is 350 Å². The molecule has 0 radical (unpaired) electrons. The lowest BCUT2D eigenvalue weighted by Gasteiger charge is -2.35. The third-order valence-corrected chi connectivity index (χ3v) is 24.7. The number of aromatic nitrogens is 6. The molecule has 552 valence electrons. The highest BCUT2D eigenvalue weighted by atomic mass is 35.5. The number of carbonyl (C=O) groups is 3. The van der Waals surface area contributed by atoms with Crippen molar-refractivity contribution in [3.05, 3.63) is 173 Å². The monoisotopic (exact) mass is 1590 g/mol. The zero-order chi connectivity index (χ0) is 71.3. The van der Waals surface area contributed by atoms with Crippen LogP contribution in [0.3, 0.4) is 0 Å². The van der Waals surface area contributed by atoms with Gasteiger partial charge < -0.3 is 31.3 Å². The van der Waals surface area contributed by atoms with Crippen LogP contribution in [0.4, 0.5) is 30.2 Å². The highest BCUT2D eigenvalue weighted by molar-refractivity contribution is 7.87. The quantitative estimate of drug-likeness (QED) is 0.0386. The number of hydrogen-bond acceptors (Lipinski definition) is 18. The van der Waals surface area contributed by atoms with Gasteiger partial charge in [0.05, 0.1) is 91.2 Å². The van der Waals surface area contributed by atoms with E-state index in [9.17, 15) is 52.8 Å². The van der Waals surface area contributed by atoms with E-state index in [0.717, 1.165) is 79.1 Å². The van der Waals surface area contributed by atoms with Crippen LogP contribution in [-0.2, 0) is 64.6 Å². The molecule has 0 bridgehead atoms. The molecule has 27 nitrogen and oxygen atoms in total. The highest BCUT2D eigenvalue weighted by Gasteiger charge is 2.44. The number of aliphatic hydroxyl groups excluding tert-OH is 3. The largest absolute Gasteiger partial charge is 0.394 e. The van der Waals surface area contributed by atoms with Gasteiger partial charge in [-0.1, -0.05) is 57.1 Å². The Hall–Kier alpha value is -7.05. The van der Waals surface area contributed by atoms with Crippen molar-refractivity contribution in [2.24, 2.45) is 0 Å². The normalized spacial score (nSPS) is 20.0. The van der Waals surface area contributed by atoms with Crippen LogP contribution in [0.15, 0.2) is 126 Å². The van der Waals surface area contributed by atoms with E-state index in [1.54, 1.807) is 51.2 Å². The van der Waals surface area contributed by atoms with Gasteiger partial charge in [-0.25, -0.2) is 13.2 Å². The maximum absolute atomic E-state index is 13.4. The molecule has 3 saturated heterocycles. The van der Waals surface area contributed by atoms with Crippen LogP contribution in [0, 0.1) is 17.5 Å². The molecule has 6 atom stereocenters. The summed E-state index contributed by atoms with van der Waals surface area (Å²) >= 11 is 21.4. The molecule has 9 N–H and O–H groups in total. The summed E-state index contributed by atoms with van der Waals surface area (Å²) in [5.41, 5.74) is 5.90. The van der Waals surface area contributed by atoms with E-state index in [4.69, 9.17) is 50.1 Å². The van der Waals surface area contributed by atoms with Gasteiger partial charge in [-0.2, -0.15) is 67.6 Å². The number of amides is 3. The molecule has 9 aromatic rings. The smallest absolute Gasteiger partial charge is 0.280 e. The van der Waals surface area contributed by atoms with Gasteiger partial charge in [0.15, 0.2) is 0 Å². The van der Waals surface area contributed by atoms with Crippen LogP contribution < -0.4 is 30.1 Å². The number of benzene rings is 3. The van der Waals surface area contributed by atoms with Crippen LogP contribution >= 0.6 is 68.8 Å². The standard InChI is InChI=1S/3C20H21ClFN5O4S2.3CH4/c3*1-26-18(20(29)24-14-2-3-16(22)15(21)7-14)8-17(25-33(26,30)31)19-6-12(11-32-19)13-9-23-27(10-13)4-5-28;;;/h3*2-3,6-7,9-11,17-18,25,28H,4-5,8H2,1H3,(H,24,29);3*1H4/t2*17-,18+;;;;/m10..../s1. The number of anilines is 3. The van der Waals surface area contributed by atoms with Gasteiger partial charge in [-0.3, -0.25) is 28.4 Å². The summed E-state index contributed by atoms with van der Waals surface area (Å²) in [5, 5.41) is 52.7. The zero-order valence-corrected chi connectivity index (χ0v) is 59.4. The highest BCUT2D eigenvalue weighted by Crippen LogP contribution is 2.39. The van der Waals surface area contributed by atoms with E-state index in [1.165, 1.54) is 91.6 Å². The van der Waals surface area contributed by atoms with E-state index in [0.29, 0.717) is 19.6 Å². The summed E-state index contributed by atoms with van der Waals surface area (Å²) in [4.78, 5) is 41.0. The van der Waals surface area contributed by atoms with Crippen molar-refractivity contribution in [3.8, 4) is 33.4 Å². The molecule has 2 unspecified atom stereocenters.